The summed E-state index contributed by atoms with van der Waals surface area (Å²) in [5.74, 6) is 2.66. The lowest BCUT2D eigenvalue weighted by Gasteiger charge is -2.19. The van der Waals surface area contributed by atoms with Crippen LogP contribution in [-0.2, 0) is 6.54 Å². The fourth-order valence-electron chi connectivity index (χ4n) is 2.25. The fourth-order valence-corrected chi connectivity index (χ4v) is 2.25. The minimum Gasteiger partial charge on any atom is -0.366 e. The van der Waals surface area contributed by atoms with Crippen molar-refractivity contribution in [3.8, 4) is 0 Å². The predicted molar refractivity (Wildman–Crippen MR) is 93.5 cm³/mol. The Bertz CT molecular complexity index is 593. The van der Waals surface area contributed by atoms with Crippen LogP contribution in [0.25, 0.3) is 0 Å². The maximum absolute atomic E-state index is 4.53. The standard InChI is InChI=1S/C18H26N4/c1-5-6-11-22(4)18-12-17(20-15(3)21-18)19-13-16-9-7-14(2)8-10-16/h7-10,12H,5-6,11,13H2,1-4H3,(H,19,20,21). The van der Waals surface area contributed by atoms with E-state index in [0.29, 0.717) is 0 Å². The van der Waals surface area contributed by atoms with Crippen LogP contribution in [0.2, 0.25) is 0 Å². The van der Waals surface area contributed by atoms with Crippen LogP contribution >= 0.6 is 0 Å². The van der Waals surface area contributed by atoms with Crippen molar-refractivity contribution in [2.24, 2.45) is 0 Å². The molecular formula is C18H26N4. The normalized spacial score (nSPS) is 10.5. The highest BCUT2D eigenvalue weighted by Crippen LogP contribution is 2.16. The van der Waals surface area contributed by atoms with Gasteiger partial charge in [0.25, 0.3) is 0 Å². The minimum atomic E-state index is 0.773. The Labute approximate surface area is 133 Å². The summed E-state index contributed by atoms with van der Waals surface area (Å²) in [4.78, 5) is 11.2. The Morgan fingerprint density at radius 3 is 2.50 bits per heavy atom. The van der Waals surface area contributed by atoms with Gasteiger partial charge in [0.2, 0.25) is 0 Å². The number of anilines is 2. The third kappa shape index (κ3) is 4.72. The van der Waals surface area contributed by atoms with E-state index in [1.54, 1.807) is 0 Å². The average Bonchev–Trinajstić information content (AvgIpc) is 2.51. The molecule has 0 saturated heterocycles. The summed E-state index contributed by atoms with van der Waals surface area (Å²) >= 11 is 0. The number of nitrogens with zero attached hydrogens (tertiary/aromatic N) is 3. The van der Waals surface area contributed by atoms with Crippen LogP contribution in [0.15, 0.2) is 30.3 Å². The number of hydrogen-bond donors (Lipinski definition) is 1. The molecule has 0 spiro atoms. The van der Waals surface area contributed by atoms with Crippen molar-refractivity contribution in [1.29, 1.82) is 0 Å². The maximum atomic E-state index is 4.53. The molecule has 1 aromatic heterocycles. The second-order valence-electron chi connectivity index (χ2n) is 5.77. The third-order valence-electron chi connectivity index (χ3n) is 3.66. The van der Waals surface area contributed by atoms with Gasteiger partial charge in [-0.3, -0.25) is 0 Å². The average molecular weight is 298 g/mol. The van der Waals surface area contributed by atoms with Crippen molar-refractivity contribution in [2.45, 2.75) is 40.2 Å². The van der Waals surface area contributed by atoms with Crippen LogP contribution in [0, 0.1) is 13.8 Å². The van der Waals surface area contributed by atoms with Crippen LogP contribution in [0.5, 0.6) is 0 Å². The van der Waals surface area contributed by atoms with E-state index in [1.807, 2.05) is 13.0 Å². The summed E-state index contributed by atoms with van der Waals surface area (Å²) in [7, 11) is 2.08. The molecule has 0 saturated carbocycles. The zero-order valence-electron chi connectivity index (χ0n) is 14.1. The number of nitrogens with one attached hydrogen (secondary N) is 1. The Morgan fingerprint density at radius 2 is 1.82 bits per heavy atom. The zero-order chi connectivity index (χ0) is 15.9. The predicted octanol–water partition coefficient (Wildman–Crippen LogP) is 3.94. The molecule has 0 aliphatic rings. The van der Waals surface area contributed by atoms with E-state index in [1.165, 1.54) is 24.0 Å². The van der Waals surface area contributed by atoms with E-state index in [-0.39, 0.29) is 0 Å². The first-order chi connectivity index (χ1) is 10.6. The molecule has 22 heavy (non-hydrogen) atoms. The van der Waals surface area contributed by atoms with E-state index in [2.05, 4.69) is 65.3 Å². The van der Waals surface area contributed by atoms with Gasteiger partial charge < -0.3 is 10.2 Å². The van der Waals surface area contributed by atoms with Crippen molar-refractivity contribution in [3.63, 3.8) is 0 Å². The number of benzene rings is 1. The lowest BCUT2D eigenvalue weighted by molar-refractivity contribution is 0.756. The van der Waals surface area contributed by atoms with Crippen LogP contribution in [0.1, 0.15) is 36.7 Å². The van der Waals surface area contributed by atoms with Crippen molar-refractivity contribution in [3.05, 3.63) is 47.3 Å². The zero-order valence-corrected chi connectivity index (χ0v) is 14.1. The molecule has 1 heterocycles. The number of aryl methyl sites for hydroxylation is 2. The number of rotatable bonds is 7. The second kappa shape index (κ2) is 7.78. The van der Waals surface area contributed by atoms with Gasteiger partial charge in [-0.25, -0.2) is 9.97 Å². The molecule has 4 nitrogen and oxygen atoms in total. The van der Waals surface area contributed by atoms with Gasteiger partial charge in [-0.15, -0.1) is 0 Å². The lowest BCUT2D eigenvalue weighted by Crippen LogP contribution is -2.20. The van der Waals surface area contributed by atoms with E-state index in [4.69, 9.17) is 0 Å². The second-order valence-corrected chi connectivity index (χ2v) is 5.77. The van der Waals surface area contributed by atoms with E-state index in [9.17, 15) is 0 Å². The van der Waals surface area contributed by atoms with Crippen LogP contribution in [0.4, 0.5) is 11.6 Å². The Morgan fingerprint density at radius 1 is 1.09 bits per heavy atom. The van der Waals surface area contributed by atoms with Gasteiger partial charge in [-0.05, 0) is 25.8 Å². The SMILES string of the molecule is CCCCN(C)c1cc(NCc2ccc(C)cc2)nc(C)n1. The van der Waals surface area contributed by atoms with Gasteiger partial charge in [-0.2, -0.15) is 0 Å². The van der Waals surface area contributed by atoms with Gasteiger partial charge >= 0.3 is 0 Å². The molecule has 2 rings (SSSR count). The molecule has 118 valence electrons. The molecule has 0 unspecified atom stereocenters. The first kappa shape index (κ1) is 16.3. The highest BCUT2D eigenvalue weighted by atomic mass is 15.2. The molecule has 1 N–H and O–H groups in total. The molecular weight excluding hydrogens is 272 g/mol. The lowest BCUT2D eigenvalue weighted by atomic mass is 10.1. The molecule has 4 heteroatoms. The van der Waals surface area contributed by atoms with Crippen LogP contribution < -0.4 is 10.2 Å². The smallest absolute Gasteiger partial charge is 0.134 e. The van der Waals surface area contributed by atoms with Crippen molar-refractivity contribution in [1.82, 2.24) is 9.97 Å². The van der Waals surface area contributed by atoms with Crippen molar-refractivity contribution in [2.75, 3.05) is 23.8 Å². The molecule has 2 aromatic rings. The highest BCUT2D eigenvalue weighted by molar-refractivity contribution is 5.49. The number of aromatic nitrogens is 2. The topological polar surface area (TPSA) is 41.0 Å². The monoisotopic (exact) mass is 298 g/mol. The molecule has 0 aliphatic heterocycles. The first-order valence-corrected chi connectivity index (χ1v) is 7.94. The molecule has 0 aliphatic carbocycles. The summed E-state index contributed by atoms with van der Waals surface area (Å²) in [5, 5.41) is 3.39. The number of unbranched alkanes of at least 4 members (excludes halogenated alkanes) is 1. The van der Waals surface area contributed by atoms with Crippen molar-refractivity contribution >= 4 is 11.6 Å². The Kier molecular flexibility index (Phi) is 5.75. The highest BCUT2D eigenvalue weighted by Gasteiger charge is 2.06. The minimum absolute atomic E-state index is 0.773. The summed E-state index contributed by atoms with van der Waals surface area (Å²) < 4.78 is 0. The van der Waals surface area contributed by atoms with Gasteiger partial charge in [0.1, 0.15) is 17.5 Å². The third-order valence-corrected chi connectivity index (χ3v) is 3.66. The quantitative estimate of drug-likeness (QED) is 0.840. The molecule has 0 fully saturated rings. The number of hydrogen-bond acceptors (Lipinski definition) is 4. The van der Waals surface area contributed by atoms with E-state index in [0.717, 1.165) is 30.5 Å². The molecule has 0 bridgehead atoms. The molecule has 1 aromatic carbocycles. The van der Waals surface area contributed by atoms with Gasteiger partial charge in [-0.1, -0.05) is 43.2 Å². The van der Waals surface area contributed by atoms with Crippen molar-refractivity contribution < 1.29 is 0 Å². The fraction of sp³-hybridized carbons (Fsp3) is 0.444. The Hall–Kier alpha value is -2.10. The summed E-state index contributed by atoms with van der Waals surface area (Å²) in [5.41, 5.74) is 2.53. The largest absolute Gasteiger partial charge is 0.366 e. The van der Waals surface area contributed by atoms with Gasteiger partial charge in [0.05, 0.1) is 0 Å². The van der Waals surface area contributed by atoms with Crippen LogP contribution in [0.3, 0.4) is 0 Å². The van der Waals surface area contributed by atoms with E-state index < -0.39 is 0 Å². The Balaban J connectivity index is 2.04. The van der Waals surface area contributed by atoms with Gasteiger partial charge in [0, 0.05) is 26.2 Å². The van der Waals surface area contributed by atoms with E-state index >= 15 is 0 Å². The van der Waals surface area contributed by atoms with Crippen LogP contribution in [-0.4, -0.2) is 23.6 Å². The molecule has 0 atom stereocenters. The maximum Gasteiger partial charge on any atom is 0.134 e. The summed E-state index contributed by atoms with van der Waals surface area (Å²) in [6.45, 7) is 8.03. The molecule has 0 radical (unpaired) electrons. The summed E-state index contributed by atoms with van der Waals surface area (Å²) in [6.07, 6.45) is 2.36. The molecule has 0 amide bonds. The van der Waals surface area contributed by atoms with Gasteiger partial charge in [0.15, 0.2) is 0 Å². The summed E-state index contributed by atoms with van der Waals surface area (Å²) in [6, 6.07) is 10.6. The first-order valence-electron chi connectivity index (χ1n) is 7.94.